The van der Waals surface area contributed by atoms with Crippen LogP contribution in [-0.2, 0) is 0 Å². The Bertz CT molecular complexity index is 600. The van der Waals surface area contributed by atoms with Crippen LogP contribution in [-0.4, -0.2) is 0 Å². The van der Waals surface area contributed by atoms with Gasteiger partial charge < -0.3 is 4.42 Å². The molecule has 2 aromatic rings. The number of benzene rings is 1. The Morgan fingerprint density at radius 1 is 1.29 bits per heavy atom. The van der Waals surface area contributed by atoms with Crippen LogP contribution in [0.4, 0.5) is 4.39 Å². The first-order valence-corrected chi connectivity index (χ1v) is 7.43. The summed E-state index contributed by atoms with van der Waals surface area (Å²) in [5, 5.41) is 0.772. The fourth-order valence-electron chi connectivity index (χ4n) is 3.00. The van der Waals surface area contributed by atoms with Crippen molar-refractivity contribution in [2.45, 2.75) is 46.6 Å². The number of fused-ring (bicyclic) bond motifs is 1. The molecule has 0 saturated heterocycles. The van der Waals surface area contributed by atoms with Crippen LogP contribution in [0.5, 0.6) is 0 Å². The Morgan fingerprint density at radius 3 is 2.62 bits per heavy atom. The summed E-state index contributed by atoms with van der Waals surface area (Å²) < 4.78 is 19.0. The maximum absolute atomic E-state index is 13.2. The van der Waals surface area contributed by atoms with Gasteiger partial charge in [-0.3, -0.25) is 5.84 Å². The van der Waals surface area contributed by atoms with E-state index in [0.29, 0.717) is 11.5 Å². The number of hydrogen-bond donors (Lipinski definition) is 2. The van der Waals surface area contributed by atoms with Gasteiger partial charge in [-0.25, -0.2) is 9.82 Å². The minimum atomic E-state index is -0.256. The zero-order valence-electron chi connectivity index (χ0n) is 13.2. The molecule has 0 spiro atoms. The molecular formula is C17H25FN2O. The van der Waals surface area contributed by atoms with Gasteiger partial charge in [0.1, 0.15) is 17.2 Å². The van der Waals surface area contributed by atoms with Gasteiger partial charge in [-0.1, -0.05) is 27.7 Å². The zero-order valence-corrected chi connectivity index (χ0v) is 13.2. The normalized spacial score (nSPS) is 15.3. The van der Waals surface area contributed by atoms with Gasteiger partial charge >= 0.3 is 0 Å². The van der Waals surface area contributed by atoms with E-state index in [9.17, 15) is 4.39 Å². The van der Waals surface area contributed by atoms with E-state index in [4.69, 9.17) is 10.3 Å². The molecule has 0 radical (unpaired) electrons. The highest BCUT2D eigenvalue weighted by atomic mass is 19.1. The molecule has 1 aromatic carbocycles. The second-order valence-electron chi connectivity index (χ2n) is 7.16. The first-order valence-electron chi connectivity index (χ1n) is 7.43. The van der Waals surface area contributed by atoms with Crippen LogP contribution in [0.1, 0.15) is 52.3 Å². The second kappa shape index (κ2) is 6.16. The van der Waals surface area contributed by atoms with Crippen molar-refractivity contribution in [1.29, 1.82) is 0 Å². The summed E-state index contributed by atoms with van der Waals surface area (Å²) >= 11 is 0. The van der Waals surface area contributed by atoms with E-state index in [1.807, 2.05) is 6.07 Å². The first-order chi connectivity index (χ1) is 9.78. The van der Waals surface area contributed by atoms with Gasteiger partial charge in [0.15, 0.2) is 0 Å². The Balaban J connectivity index is 2.15. The van der Waals surface area contributed by atoms with Crippen LogP contribution in [0, 0.1) is 17.2 Å². The summed E-state index contributed by atoms with van der Waals surface area (Å²) in [4.78, 5) is 0. The van der Waals surface area contributed by atoms with Crippen LogP contribution < -0.4 is 11.3 Å². The summed E-state index contributed by atoms with van der Waals surface area (Å²) in [6.07, 6.45) is 2.00. The van der Waals surface area contributed by atoms with Crippen molar-refractivity contribution in [3.63, 3.8) is 0 Å². The van der Waals surface area contributed by atoms with E-state index in [0.717, 1.165) is 24.0 Å². The lowest BCUT2D eigenvalue weighted by Gasteiger charge is -2.25. The summed E-state index contributed by atoms with van der Waals surface area (Å²) in [5.41, 5.74) is 3.80. The topological polar surface area (TPSA) is 51.2 Å². The molecule has 2 rings (SSSR count). The third-order valence-electron chi connectivity index (χ3n) is 3.64. The predicted octanol–water partition coefficient (Wildman–Crippen LogP) is 4.54. The number of halogens is 1. The Labute approximate surface area is 125 Å². The molecule has 116 valence electrons. The predicted molar refractivity (Wildman–Crippen MR) is 84.1 cm³/mol. The Kier molecular flexibility index (Phi) is 4.69. The Morgan fingerprint density at radius 2 is 2.00 bits per heavy atom. The number of hydrogen-bond acceptors (Lipinski definition) is 3. The monoisotopic (exact) mass is 292 g/mol. The highest BCUT2D eigenvalue weighted by Crippen LogP contribution is 2.32. The van der Waals surface area contributed by atoms with Crippen molar-refractivity contribution < 1.29 is 8.81 Å². The molecule has 3 N–H and O–H groups in total. The number of furan rings is 1. The van der Waals surface area contributed by atoms with Crippen molar-refractivity contribution in [2.75, 3.05) is 0 Å². The molecule has 2 unspecified atom stereocenters. The summed E-state index contributed by atoms with van der Waals surface area (Å²) in [6.45, 7) is 8.92. The average Bonchev–Trinajstić information content (AvgIpc) is 2.76. The SMILES string of the molecule is CC(CC(NN)c1cc2cc(F)ccc2o1)CC(C)(C)C. The van der Waals surface area contributed by atoms with Crippen molar-refractivity contribution in [3.8, 4) is 0 Å². The van der Waals surface area contributed by atoms with Crippen molar-refractivity contribution in [1.82, 2.24) is 5.43 Å². The number of nitrogens with one attached hydrogen (secondary N) is 1. The summed E-state index contributed by atoms with van der Waals surface area (Å²) in [6, 6.07) is 6.35. The molecule has 0 bridgehead atoms. The highest BCUT2D eigenvalue weighted by molar-refractivity contribution is 5.78. The molecule has 1 aromatic heterocycles. The highest BCUT2D eigenvalue weighted by Gasteiger charge is 2.22. The first kappa shape index (κ1) is 16.0. The molecule has 0 aliphatic rings. The van der Waals surface area contributed by atoms with E-state index in [2.05, 4.69) is 33.1 Å². The maximum Gasteiger partial charge on any atom is 0.134 e. The maximum atomic E-state index is 13.2. The van der Waals surface area contributed by atoms with E-state index in [-0.39, 0.29) is 17.3 Å². The molecule has 0 saturated carbocycles. The molecule has 4 heteroatoms. The molecule has 0 aliphatic carbocycles. The average molecular weight is 292 g/mol. The lowest BCUT2D eigenvalue weighted by Crippen LogP contribution is -2.29. The van der Waals surface area contributed by atoms with Crippen LogP contribution in [0.2, 0.25) is 0 Å². The lowest BCUT2D eigenvalue weighted by molar-refractivity contribution is 0.266. The molecule has 3 nitrogen and oxygen atoms in total. The van der Waals surface area contributed by atoms with Crippen LogP contribution in [0.3, 0.4) is 0 Å². The number of nitrogens with two attached hydrogens (primary N) is 1. The van der Waals surface area contributed by atoms with Crippen molar-refractivity contribution in [3.05, 3.63) is 35.8 Å². The molecule has 0 fully saturated rings. The second-order valence-corrected chi connectivity index (χ2v) is 7.16. The van der Waals surface area contributed by atoms with E-state index in [1.54, 1.807) is 6.07 Å². The van der Waals surface area contributed by atoms with Crippen molar-refractivity contribution in [2.24, 2.45) is 17.2 Å². The molecule has 0 aliphatic heterocycles. The minimum Gasteiger partial charge on any atom is -0.459 e. The van der Waals surface area contributed by atoms with Gasteiger partial charge in [0.25, 0.3) is 0 Å². The quantitative estimate of drug-likeness (QED) is 0.628. The number of hydrazine groups is 1. The Hall–Kier alpha value is -1.39. The van der Waals surface area contributed by atoms with E-state index >= 15 is 0 Å². The third kappa shape index (κ3) is 4.29. The summed E-state index contributed by atoms with van der Waals surface area (Å²) in [7, 11) is 0. The molecule has 2 atom stereocenters. The molecule has 1 heterocycles. The zero-order chi connectivity index (χ0) is 15.6. The smallest absolute Gasteiger partial charge is 0.134 e. The van der Waals surface area contributed by atoms with Crippen LogP contribution in [0.15, 0.2) is 28.7 Å². The van der Waals surface area contributed by atoms with Gasteiger partial charge in [0.2, 0.25) is 0 Å². The number of rotatable bonds is 5. The molecular weight excluding hydrogens is 267 g/mol. The lowest BCUT2D eigenvalue weighted by atomic mass is 9.82. The van der Waals surface area contributed by atoms with Crippen LogP contribution in [0.25, 0.3) is 11.0 Å². The van der Waals surface area contributed by atoms with Gasteiger partial charge in [0, 0.05) is 5.39 Å². The van der Waals surface area contributed by atoms with Gasteiger partial charge in [-0.2, -0.15) is 0 Å². The largest absolute Gasteiger partial charge is 0.459 e. The van der Waals surface area contributed by atoms with Crippen molar-refractivity contribution >= 4 is 11.0 Å². The third-order valence-corrected chi connectivity index (χ3v) is 3.64. The fourth-order valence-corrected chi connectivity index (χ4v) is 3.00. The minimum absolute atomic E-state index is 0.0576. The molecule has 21 heavy (non-hydrogen) atoms. The van der Waals surface area contributed by atoms with Crippen LogP contribution >= 0.6 is 0 Å². The van der Waals surface area contributed by atoms with E-state index in [1.165, 1.54) is 12.1 Å². The van der Waals surface area contributed by atoms with E-state index < -0.39 is 0 Å². The standard InChI is InChI=1S/C17H25FN2O/c1-11(10-17(2,3)4)7-14(20-19)16-9-12-8-13(18)5-6-15(12)21-16/h5-6,8-9,11,14,20H,7,10,19H2,1-4H3. The molecule has 0 amide bonds. The van der Waals surface area contributed by atoms with Gasteiger partial charge in [0.05, 0.1) is 6.04 Å². The van der Waals surface area contributed by atoms with Gasteiger partial charge in [-0.05, 0) is 48.4 Å². The van der Waals surface area contributed by atoms with Gasteiger partial charge in [-0.15, -0.1) is 0 Å². The fraction of sp³-hybridized carbons (Fsp3) is 0.529. The summed E-state index contributed by atoms with van der Waals surface area (Å²) in [5.74, 6) is 6.70.